The molecule has 1 aliphatic heterocycles. The Bertz CT molecular complexity index is 188. The molecule has 0 spiro atoms. The summed E-state index contributed by atoms with van der Waals surface area (Å²) in [7, 11) is 0. The lowest BCUT2D eigenvalue weighted by atomic mass is 9.98. The number of carbonyl (C=O) groups excluding carboxylic acids is 1. The maximum absolute atomic E-state index is 11.2. The molecule has 1 saturated heterocycles. The van der Waals surface area contributed by atoms with E-state index in [1.54, 1.807) is 4.90 Å². The topological polar surface area (TPSA) is 59.6 Å². The number of rotatable bonds is 3. The summed E-state index contributed by atoms with van der Waals surface area (Å²) in [4.78, 5) is 12.7. The molecule has 0 aromatic rings. The molecule has 0 radical (unpaired) electrons. The summed E-state index contributed by atoms with van der Waals surface area (Å²) < 4.78 is 0. The van der Waals surface area contributed by atoms with Crippen LogP contribution in [-0.4, -0.2) is 25.5 Å². The van der Waals surface area contributed by atoms with Crippen LogP contribution in [0.2, 0.25) is 0 Å². The van der Waals surface area contributed by atoms with E-state index in [4.69, 9.17) is 5.84 Å². The molecule has 0 bridgehead atoms. The fourth-order valence-corrected chi connectivity index (χ4v) is 2.04. The fourth-order valence-electron chi connectivity index (χ4n) is 2.04. The summed E-state index contributed by atoms with van der Waals surface area (Å²) >= 11 is 0. The number of hydrogen-bond acceptors (Lipinski definition) is 2. The lowest BCUT2D eigenvalue weighted by molar-refractivity contribution is -0.908. The first kappa shape index (κ1) is 11.5. The van der Waals surface area contributed by atoms with Gasteiger partial charge < -0.3 is 4.90 Å². The molecule has 1 aliphatic rings. The van der Waals surface area contributed by atoms with Crippen molar-refractivity contribution in [3.8, 4) is 0 Å². The van der Waals surface area contributed by atoms with E-state index in [0.29, 0.717) is 0 Å². The van der Waals surface area contributed by atoms with E-state index in [1.807, 2.05) is 6.92 Å². The van der Waals surface area contributed by atoms with Crippen molar-refractivity contribution in [1.29, 1.82) is 0 Å². The first-order valence-corrected chi connectivity index (χ1v) is 5.47. The van der Waals surface area contributed by atoms with Crippen molar-refractivity contribution in [3.05, 3.63) is 0 Å². The summed E-state index contributed by atoms with van der Waals surface area (Å²) in [5.41, 5.74) is 2.21. The Balaban J connectivity index is 2.27. The van der Waals surface area contributed by atoms with Crippen LogP contribution >= 0.6 is 0 Å². The standard InChI is InChI=1S/C10H21N3O/c1-8-3-5-13(6-4-8)7-9(2)10(14)12-11/h8-9H,3-7,11H2,1-2H3,(H,12,14)/p+1/t9-/m0/s1. The Morgan fingerprint density at radius 2 is 2.14 bits per heavy atom. The minimum absolute atomic E-state index is 0.0309. The highest BCUT2D eigenvalue weighted by Crippen LogP contribution is 2.06. The van der Waals surface area contributed by atoms with Crippen molar-refractivity contribution >= 4 is 5.91 Å². The Hall–Kier alpha value is -0.610. The molecule has 0 aliphatic carbocycles. The van der Waals surface area contributed by atoms with E-state index >= 15 is 0 Å². The van der Waals surface area contributed by atoms with Crippen molar-refractivity contribution in [1.82, 2.24) is 5.43 Å². The Labute approximate surface area is 85.8 Å². The highest BCUT2D eigenvalue weighted by molar-refractivity contribution is 5.77. The van der Waals surface area contributed by atoms with Crippen LogP contribution in [0, 0.1) is 11.8 Å². The van der Waals surface area contributed by atoms with Gasteiger partial charge in [0.05, 0.1) is 25.6 Å². The van der Waals surface area contributed by atoms with Crippen molar-refractivity contribution in [3.63, 3.8) is 0 Å². The second-order valence-electron chi connectivity index (χ2n) is 4.55. The zero-order valence-corrected chi connectivity index (χ0v) is 9.18. The van der Waals surface area contributed by atoms with Crippen LogP contribution in [0.25, 0.3) is 0 Å². The molecular weight excluding hydrogens is 178 g/mol. The third-order valence-electron chi connectivity index (χ3n) is 3.17. The van der Waals surface area contributed by atoms with Crippen LogP contribution in [0.4, 0.5) is 0 Å². The molecule has 0 unspecified atom stereocenters. The molecule has 1 fully saturated rings. The van der Waals surface area contributed by atoms with E-state index in [-0.39, 0.29) is 11.8 Å². The summed E-state index contributed by atoms with van der Waals surface area (Å²) in [5.74, 6) is 5.94. The molecule has 4 N–H and O–H groups in total. The van der Waals surface area contributed by atoms with Gasteiger partial charge in [0, 0.05) is 0 Å². The van der Waals surface area contributed by atoms with Gasteiger partial charge in [0.15, 0.2) is 0 Å². The van der Waals surface area contributed by atoms with Gasteiger partial charge in [0.1, 0.15) is 0 Å². The van der Waals surface area contributed by atoms with Gasteiger partial charge in [0.25, 0.3) is 0 Å². The van der Waals surface area contributed by atoms with Gasteiger partial charge >= 0.3 is 0 Å². The first-order chi connectivity index (χ1) is 6.63. The van der Waals surface area contributed by atoms with Crippen LogP contribution < -0.4 is 16.2 Å². The van der Waals surface area contributed by atoms with Crippen molar-refractivity contribution in [2.45, 2.75) is 26.7 Å². The van der Waals surface area contributed by atoms with Crippen LogP contribution in [0.5, 0.6) is 0 Å². The molecular formula is C10H22N3O+. The number of nitrogens with two attached hydrogens (primary N) is 1. The smallest absolute Gasteiger partial charge is 0.242 e. The van der Waals surface area contributed by atoms with Gasteiger partial charge in [0.2, 0.25) is 5.91 Å². The number of nitrogens with one attached hydrogen (secondary N) is 2. The second kappa shape index (κ2) is 5.32. The minimum Gasteiger partial charge on any atom is -0.334 e. The van der Waals surface area contributed by atoms with Crippen molar-refractivity contribution in [2.24, 2.45) is 17.7 Å². The highest BCUT2D eigenvalue weighted by Gasteiger charge is 2.23. The van der Waals surface area contributed by atoms with E-state index in [1.165, 1.54) is 25.9 Å². The molecule has 4 nitrogen and oxygen atoms in total. The van der Waals surface area contributed by atoms with Gasteiger partial charge in [-0.3, -0.25) is 10.2 Å². The quantitative estimate of drug-likeness (QED) is 0.308. The third-order valence-corrected chi connectivity index (χ3v) is 3.17. The van der Waals surface area contributed by atoms with Gasteiger partial charge in [-0.2, -0.15) is 0 Å². The van der Waals surface area contributed by atoms with Crippen LogP contribution in [0.3, 0.4) is 0 Å². The second-order valence-corrected chi connectivity index (χ2v) is 4.55. The molecule has 0 saturated carbocycles. The largest absolute Gasteiger partial charge is 0.334 e. The minimum atomic E-state index is -0.0453. The van der Waals surface area contributed by atoms with E-state index < -0.39 is 0 Å². The molecule has 4 heteroatoms. The van der Waals surface area contributed by atoms with Gasteiger partial charge in [-0.25, -0.2) is 5.84 Å². The summed E-state index contributed by atoms with van der Waals surface area (Å²) in [5, 5.41) is 0. The number of amides is 1. The average Bonchev–Trinajstić information content (AvgIpc) is 2.20. The number of piperidine rings is 1. The first-order valence-electron chi connectivity index (χ1n) is 5.47. The van der Waals surface area contributed by atoms with Crippen LogP contribution in [0.15, 0.2) is 0 Å². The molecule has 0 aromatic carbocycles. The number of quaternary nitrogens is 1. The number of hydrazine groups is 1. The van der Waals surface area contributed by atoms with Gasteiger partial charge in [-0.05, 0) is 25.7 Å². The SMILES string of the molecule is CC1CC[NH+](C[C@H](C)C(=O)NN)CC1. The molecule has 1 heterocycles. The Morgan fingerprint density at radius 1 is 1.57 bits per heavy atom. The number of hydrogen-bond donors (Lipinski definition) is 3. The van der Waals surface area contributed by atoms with Gasteiger partial charge in [-0.15, -0.1) is 0 Å². The normalized spacial score (nSPS) is 29.6. The molecule has 14 heavy (non-hydrogen) atoms. The Morgan fingerprint density at radius 3 is 2.64 bits per heavy atom. The predicted molar refractivity (Wildman–Crippen MR) is 55.5 cm³/mol. The van der Waals surface area contributed by atoms with Crippen LogP contribution in [0.1, 0.15) is 26.7 Å². The zero-order chi connectivity index (χ0) is 10.6. The average molecular weight is 200 g/mol. The van der Waals surface area contributed by atoms with Crippen molar-refractivity contribution < 1.29 is 9.69 Å². The monoisotopic (exact) mass is 200 g/mol. The number of likely N-dealkylation sites (tertiary alicyclic amines) is 1. The number of carbonyl (C=O) groups is 1. The maximum Gasteiger partial charge on any atom is 0.242 e. The van der Waals surface area contributed by atoms with Gasteiger partial charge in [-0.1, -0.05) is 6.92 Å². The molecule has 1 amide bonds. The summed E-state index contributed by atoms with van der Waals surface area (Å²) in [6.07, 6.45) is 2.57. The molecule has 0 aromatic heterocycles. The van der Waals surface area contributed by atoms with E-state index in [2.05, 4.69) is 12.3 Å². The molecule has 1 rings (SSSR count). The fraction of sp³-hybridized carbons (Fsp3) is 0.900. The molecule has 82 valence electrons. The highest BCUT2D eigenvalue weighted by atomic mass is 16.2. The summed E-state index contributed by atoms with van der Waals surface area (Å²) in [6.45, 7) is 7.54. The third kappa shape index (κ3) is 3.27. The maximum atomic E-state index is 11.2. The van der Waals surface area contributed by atoms with E-state index in [9.17, 15) is 4.79 Å². The lowest BCUT2D eigenvalue weighted by Gasteiger charge is -2.28. The molecule has 1 atom stereocenters. The summed E-state index contributed by atoms with van der Waals surface area (Å²) in [6, 6.07) is 0. The zero-order valence-electron chi connectivity index (χ0n) is 9.18. The van der Waals surface area contributed by atoms with E-state index in [0.717, 1.165) is 12.5 Å². The lowest BCUT2D eigenvalue weighted by Crippen LogP contribution is -3.13. The Kier molecular flexibility index (Phi) is 4.35. The van der Waals surface area contributed by atoms with Crippen molar-refractivity contribution in [2.75, 3.05) is 19.6 Å². The van der Waals surface area contributed by atoms with Crippen LogP contribution in [-0.2, 0) is 4.79 Å². The predicted octanol–water partition coefficient (Wildman–Crippen LogP) is -1.07.